The van der Waals surface area contributed by atoms with Gasteiger partial charge in [0.1, 0.15) is 0 Å². The number of nitrogens with one attached hydrogen (secondary N) is 2. The minimum Gasteiger partial charge on any atom is -0.385 e. The van der Waals surface area contributed by atoms with Gasteiger partial charge >= 0.3 is 0 Å². The van der Waals surface area contributed by atoms with Crippen LogP contribution in [0, 0.1) is 0 Å². The van der Waals surface area contributed by atoms with Gasteiger partial charge in [0.25, 0.3) is 0 Å². The summed E-state index contributed by atoms with van der Waals surface area (Å²) in [5.41, 5.74) is 3.02. The Labute approximate surface area is 114 Å². The molecule has 1 aromatic carbocycles. The molecule has 0 spiro atoms. The van der Waals surface area contributed by atoms with Gasteiger partial charge in [0.15, 0.2) is 0 Å². The summed E-state index contributed by atoms with van der Waals surface area (Å²) < 4.78 is 27.2. The SMILES string of the molecule is O=S(=O)(Nc1ccc2c(c1)NCCC2)C1CCCC1. The van der Waals surface area contributed by atoms with Gasteiger partial charge in [-0.3, -0.25) is 4.72 Å². The molecule has 0 unspecified atom stereocenters. The van der Waals surface area contributed by atoms with E-state index in [4.69, 9.17) is 0 Å². The van der Waals surface area contributed by atoms with Gasteiger partial charge in [0.2, 0.25) is 10.0 Å². The fraction of sp³-hybridized carbons (Fsp3) is 0.571. The van der Waals surface area contributed by atoms with E-state index >= 15 is 0 Å². The summed E-state index contributed by atoms with van der Waals surface area (Å²) in [6, 6.07) is 5.81. The third kappa shape index (κ3) is 2.71. The molecule has 0 bridgehead atoms. The summed E-state index contributed by atoms with van der Waals surface area (Å²) in [6.07, 6.45) is 5.84. The van der Waals surface area contributed by atoms with Crippen LogP contribution in [0.1, 0.15) is 37.7 Å². The van der Waals surface area contributed by atoms with Crippen molar-refractivity contribution in [2.45, 2.75) is 43.8 Å². The third-order valence-corrected chi connectivity index (χ3v) is 5.92. The van der Waals surface area contributed by atoms with Gasteiger partial charge in [0, 0.05) is 12.2 Å². The zero-order valence-corrected chi connectivity index (χ0v) is 11.8. The maximum absolute atomic E-state index is 12.2. The normalized spacial score (nSPS) is 19.8. The van der Waals surface area contributed by atoms with E-state index in [1.807, 2.05) is 18.2 Å². The molecule has 0 aromatic heterocycles. The smallest absolute Gasteiger partial charge is 0.235 e. The van der Waals surface area contributed by atoms with E-state index in [2.05, 4.69) is 10.0 Å². The molecular weight excluding hydrogens is 260 g/mol. The molecule has 19 heavy (non-hydrogen) atoms. The summed E-state index contributed by atoms with van der Waals surface area (Å²) in [4.78, 5) is 0. The highest BCUT2D eigenvalue weighted by Crippen LogP contribution is 2.29. The Morgan fingerprint density at radius 2 is 1.95 bits per heavy atom. The van der Waals surface area contributed by atoms with Gasteiger partial charge in [0.05, 0.1) is 10.9 Å². The molecule has 1 heterocycles. The van der Waals surface area contributed by atoms with Gasteiger partial charge in [-0.1, -0.05) is 18.9 Å². The molecule has 3 rings (SSSR count). The lowest BCUT2D eigenvalue weighted by molar-refractivity contribution is 0.585. The fourth-order valence-corrected chi connectivity index (χ4v) is 4.55. The number of anilines is 2. The minimum atomic E-state index is -3.22. The van der Waals surface area contributed by atoms with Crippen LogP contribution in [0.5, 0.6) is 0 Å². The van der Waals surface area contributed by atoms with Crippen LogP contribution >= 0.6 is 0 Å². The van der Waals surface area contributed by atoms with Crippen molar-refractivity contribution in [3.8, 4) is 0 Å². The standard InChI is InChI=1S/C14H20N2O2S/c17-19(18,13-5-1-2-6-13)16-12-8-7-11-4-3-9-15-14(11)10-12/h7-8,10,13,15-16H,1-6,9H2. The highest BCUT2D eigenvalue weighted by Gasteiger charge is 2.28. The first-order valence-electron chi connectivity index (χ1n) is 7.03. The number of rotatable bonds is 3. The van der Waals surface area contributed by atoms with Gasteiger partial charge in [-0.2, -0.15) is 0 Å². The molecule has 1 fully saturated rings. The number of hydrogen-bond donors (Lipinski definition) is 2. The highest BCUT2D eigenvalue weighted by molar-refractivity contribution is 7.93. The lowest BCUT2D eigenvalue weighted by Gasteiger charge is -2.20. The summed E-state index contributed by atoms with van der Waals surface area (Å²) in [5.74, 6) is 0. The summed E-state index contributed by atoms with van der Waals surface area (Å²) >= 11 is 0. The molecule has 2 N–H and O–H groups in total. The maximum Gasteiger partial charge on any atom is 0.235 e. The van der Waals surface area contributed by atoms with E-state index in [1.165, 1.54) is 5.56 Å². The van der Waals surface area contributed by atoms with E-state index in [0.29, 0.717) is 5.69 Å². The Morgan fingerprint density at radius 1 is 1.16 bits per heavy atom. The Bertz CT molecular complexity index is 563. The highest BCUT2D eigenvalue weighted by atomic mass is 32.2. The van der Waals surface area contributed by atoms with E-state index in [1.54, 1.807) is 0 Å². The van der Waals surface area contributed by atoms with Gasteiger partial charge in [-0.15, -0.1) is 0 Å². The van der Waals surface area contributed by atoms with Gasteiger partial charge in [-0.05, 0) is 43.4 Å². The number of benzene rings is 1. The Balaban J connectivity index is 1.79. The van der Waals surface area contributed by atoms with Crippen molar-refractivity contribution in [1.29, 1.82) is 0 Å². The van der Waals surface area contributed by atoms with Crippen LogP contribution in [0.4, 0.5) is 11.4 Å². The van der Waals surface area contributed by atoms with Gasteiger partial charge < -0.3 is 5.32 Å². The molecule has 104 valence electrons. The number of aryl methyl sites for hydroxylation is 1. The molecule has 1 saturated carbocycles. The van der Waals surface area contributed by atoms with Crippen molar-refractivity contribution < 1.29 is 8.42 Å². The summed E-state index contributed by atoms with van der Waals surface area (Å²) in [7, 11) is -3.22. The first kappa shape index (κ1) is 12.8. The van der Waals surface area contributed by atoms with Crippen LogP contribution in [0.25, 0.3) is 0 Å². The van der Waals surface area contributed by atoms with Crippen LogP contribution in [0.3, 0.4) is 0 Å². The summed E-state index contributed by atoms with van der Waals surface area (Å²) in [5, 5.41) is 3.11. The van der Waals surface area contributed by atoms with Crippen LogP contribution in [-0.2, 0) is 16.4 Å². The van der Waals surface area contributed by atoms with Crippen molar-refractivity contribution in [2.24, 2.45) is 0 Å². The number of sulfonamides is 1. The largest absolute Gasteiger partial charge is 0.385 e. The molecule has 0 atom stereocenters. The van der Waals surface area contributed by atoms with Crippen LogP contribution < -0.4 is 10.0 Å². The molecule has 1 aliphatic heterocycles. The zero-order chi connectivity index (χ0) is 13.3. The Hall–Kier alpha value is -1.23. The average Bonchev–Trinajstić information content (AvgIpc) is 2.93. The second kappa shape index (κ2) is 5.04. The number of fused-ring (bicyclic) bond motifs is 1. The Kier molecular flexibility index (Phi) is 3.39. The predicted molar refractivity (Wildman–Crippen MR) is 78.1 cm³/mol. The van der Waals surface area contributed by atoms with Crippen molar-refractivity contribution >= 4 is 21.4 Å². The fourth-order valence-electron chi connectivity index (χ4n) is 2.97. The first-order valence-corrected chi connectivity index (χ1v) is 8.58. The second-order valence-electron chi connectivity index (χ2n) is 5.46. The van der Waals surface area contributed by atoms with Crippen molar-refractivity contribution in [1.82, 2.24) is 0 Å². The lowest BCUT2D eigenvalue weighted by atomic mass is 10.0. The quantitative estimate of drug-likeness (QED) is 0.895. The number of hydrogen-bond acceptors (Lipinski definition) is 3. The third-order valence-electron chi connectivity index (χ3n) is 4.05. The molecule has 1 aromatic rings. The van der Waals surface area contributed by atoms with Crippen LogP contribution in [0.15, 0.2) is 18.2 Å². The molecule has 4 nitrogen and oxygen atoms in total. The van der Waals surface area contributed by atoms with Crippen molar-refractivity contribution in [3.63, 3.8) is 0 Å². The first-order chi connectivity index (χ1) is 9.15. The monoisotopic (exact) mass is 280 g/mol. The van der Waals surface area contributed by atoms with Crippen molar-refractivity contribution in [3.05, 3.63) is 23.8 Å². The van der Waals surface area contributed by atoms with E-state index in [0.717, 1.165) is 50.8 Å². The molecule has 1 aliphatic carbocycles. The summed E-state index contributed by atoms with van der Waals surface area (Å²) in [6.45, 7) is 0.964. The molecule has 5 heteroatoms. The van der Waals surface area contributed by atoms with E-state index in [9.17, 15) is 8.42 Å². The van der Waals surface area contributed by atoms with Gasteiger partial charge in [-0.25, -0.2) is 8.42 Å². The van der Waals surface area contributed by atoms with Crippen molar-refractivity contribution in [2.75, 3.05) is 16.6 Å². The molecular formula is C14H20N2O2S. The molecule has 0 saturated heterocycles. The van der Waals surface area contributed by atoms with Crippen LogP contribution in [0.2, 0.25) is 0 Å². The van der Waals surface area contributed by atoms with E-state index < -0.39 is 10.0 Å². The molecule has 0 amide bonds. The Morgan fingerprint density at radius 3 is 2.74 bits per heavy atom. The predicted octanol–water partition coefficient (Wildman–Crippen LogP) is 2.73. The molecule has 0 radical (unpaired) electrons. The minimum absolute atomic E-state index is 0.212. The maximum atomic E-state index is 12.2. The van der Waals surface area contributed by atoms with E-state index in [-0.39, 0.29) is 5.25 Å². The average molecular weight is 280 g/mol. The lowest BCUT2D eigenvalue weighted by Crippen LogP contribution is -2.25. The zero-order valence-electron chi connectivity index (χ0n) is 11.0. The second-order valence-corrected chi connectivity index (χ2v) is 7.42. The van der Waals surface area contributed by atoms with Crippen LogP contribution in [-0.4, -0.2) is 20.2 Å². The molecule has 2 aliphatic rings. The topological polar surface area (TPSA) is 58.2 Å².